The van der Waals surface area contributed by atoms with Crippen LogP contribution in [0.5, 0.6) is 5.75 Å². The molecule has 24 heavy (non-hydrogen) atoms. The fraction of sp³-hybridized carbons (Fsp3) is 0.235. The maximum Gasteiger partial charge on any atom is 0.274 e. The van der Waals surface area contributed by atoms with Gasteiger partial charge in [0.25, 0.3) is 11.6 Å². The highest BCUT2D eigenvalue weighted by Gasteiger charge is 2.16. The van der Waals surface area contributed by atoms with Gasteiger partial charge in [0.1, 0.15) is 5.75 Å². The van der Waals surface area contributed by atoms with E-state index in [1.807, 2.05) is 24.3 Å². The lowest BCUT2D eigenvalue weighted by Gasteiger charge is -2.07. The topological polar surface area (TPSA) is 81.5 Å². The lowest BCUT2D eigenvalue weighted by Crippen LogP contribution is -2.25. The summed E-state index contributed by atoms with van der Waals surface area (Å²) in [7, 11) is 1.60. The second kappa shape index (κ2) is 8.44. The molecule has 0 unspecified atom stereocenters. The first-order chi connectivity index (χ1) is 11.5. The Morgan fingerprint density at radius 3 is 2.75 bits per heavy atom. The van der Waals surface area contributed by atoms with Crippen molar-refractivity contribution in [1.82, 2.24) is 5.32 Å². The van der Waals surface area contributed by atoms with Crippen molar-refractivity contribution >= 4 is 27.5 Å². The number of ether oxygens (including phenoxy) is 1. The number of rotatable bonds is 7. The summed E-state index contributed by atoms with van der Waals surface area (Å²) in [5, 5.41) is 14.2. The van der Waals surface area contributed by atoms with Gasteiger partial charge in [0.05, 0.1) is 12.0 Å². The zero-order chi connectivity index (χ0) is 17.5. The third kappa shape index (κ3) is 4.55. The molecule has 6 nitrogen and oxygen atoms in total. The molecule has 0 radical (unpaired) electrons. The van der Waals surface area contributed by atoms with Gasteiger partial charge in [-0.25, -0.2) is 0 Å². The number of benzene rings is 2. The van der Waals surface area contributed by atoms with Gasteiger partial charge in [-0.05, 0) is 30.2 Å². The van der Waals surface area contributed by atoms with Crippen LogP contribution in [0.4, 0.5) is 5.69 Å². The minimum absolute atomic E-state index is 0.0627. The molecule has 0 atom stereocenters. The number of nitro groups is 1. The Kier molecular flexibility index (Phi) is 6.31. The smallest absolute Gasteiger partial charge is 0.274 e. The van der Waals surface area contributed by atoms with Gasteiger partial charge in [0.15, 0.2) is 0 Å². The van der Waals surface area contributed by atoms with Crippen molar-refractivity contribution in [1.29, 1.82) is 0 Å². The van der Waals surface area contributed by atoms with E-state index in [2.05, 4.69) is 21.2 Å². The average Bonchev–Trinajstić information content (AvgIpc) is 2.61. The third-order valence-electron chi connectivity index (χ3n) is 3.52. The number of hydrogen-bond acceptors (Lipinski definition) is 4. The van der Waals surface area contributed by atoms with Crippen LogP contribution in [0, 0.1) is 10.1 Å². The van der Waals surface area contributed by atoms with Gasteiger partial charge < -0.3 is 10.1 Å². The predicted octanol–water partition coefficient (Wildman–Crippen LogP) is 3.47. The van der Waals surface area contributed by atoms with Gasteiger partial charge in [0.2, 0.25) is 0 Å². The van der Waals surface area contributed by atoms with E-state index in [4.69, 9.17) is 4.74 Å². The quantitative estimate of drug-likeness (QED) is 0.444. The van der Waals surface area contributed by atoms with Crippen molar-refractivity contribution < 1.29 is 14.5 Å². The number of carbonyl (C=O) groups is 1. The molecule has 1 amide bonds. The molecule has 2 aromatic rings. The number of alkyl halides is 1. The molecular formula is C17H17BrN2O4. The summed E-state index contributed by atoms with van der Waals surface area (Å²) in [5.41, 5.74) is 1.78. The number of nitro benzene ring substituents is 1. The molecule has 0 aromatic heterocycles. The number of amides is 1. The largest absolute Gasteiger partial charge is 0.497 e. The van der Waals surface area contributed by atoms with Crippen LogP contribution in [0.25, 0.3) is 0 Å². The van der Waals surface area contributed by atoms with Crippen LogP contribution in [0.2, 0.25) is 0 Å². The number of carbonyl (C=O) groups excluding carboxylic acids is 1. The highest BCUT2D eigenvalue weighted by Crippen LogP contribution is 2.22. The number of hydrogen-bond donors (Lipinski definition) is 1. The van der Waals surface area contributed by atoms with Crippen LogP contribution in [-0.2, 0) is 11.8 Å². The lowest BCUT2D eigenvalue weighted by molar-refractivity contribution is -0.385. The molecule has 0 spiro atoms. The molecule has 0 bridgehead atoms. The first kappa shape index (κ1) is 17.9. The molecule has 2 aromatic carbocycles. The molecule has 0 heterocycles. The Labute approximate surface area is 148 Å². The summed E-state index contributed by atoms with van der Waals surface area (Å²) < 4.78 is 5.15. The SMILES string of the molecule is COc1cccc(CCNC(=O)c2ccc(CBr)c([N+](=O)[O-])c2)c1. The maximum atomic E-state index is 12.2. The fourth-order valence-electron chi connectivity index (χ4n) is 2.24. The molecule has 0 saturated heterocycles. The minimum atomic E-state index is -0.483. The molecule has 0 aliphatic carbocycles. The Balaban J connectivity index is 1.99. The lowest BCUT2D eigenvalue weighted by atomic mass is 10.1. The highest BCUT2D eigenvalue weighted by molar-refractivity contribution is 9.08. The predicted molar refractivity (Wildman–Crippen MR) is 94.8 cm³/mol. The van der Waals surface area contributed by atoms with Crippen molar-refractivity contribution in [2.45, 2.75) is 11.8 Å². The molecule has 0 saturated carbocycles. The Morgan fingerprint density at radius 2 is 2.08 bits per heavy atom. The monoisotopic (exact) mass is 392 g/mol. The summed E-state index contributed by atoms with van der Waals surface area (Å²) in [5.74, 6) is 0.432. The van der Waals surface area contributed by atoms with E-state index < -0.39 is 4.92 Å². The van der Waals surface area contributed by atoms with Crippen molar-refractivity contribution in [2.75, 3.05) is 13.7 Å². The van der Waals surface area contributed by atoms with E-state index >= 15 is 0 Å². The van der Waals surface area contributed by atoms with E-state index in [0.717, 1.165) is 11.3 Å². The maximum absolute atomic E-state index is 12.2. The van der Waals surface area contributed by atoms with Gasteiger partial charge in [0, 0.05) is 29.1 Å². The minimum Gasteiger partial charge on any atom is -0.497 e. The molecule has 126 valence electrons. The molecule has 2 rings (SSSR count). The van der Waals surface area contributed by atoms with Crippen molar-refractivity contribution in [3.63, 3.8) is 0 Å². The Hall–Kier alpha value is -2.41. The molecule has 0 aliphatic heterocycles. The summed E-state index contributed by atoms with van der Waals surface area (Å²) in [6.45, 7) is 0.431. The van der Waals surface area contributed by atoms with Crippen molar-refractivity contribution in [2.24, 2.45) is 0 Å². The normalized spacial score (nSPS) is 10.2. The standard InChI is InChI=1S/C17H17BrN2O4/c1-24-15-4-2-3-12(9-15)7-8-19-17(21)13-5-6-14(11-18)16(10-13)20(22)23/h2-6,9-10H,7-8,11H2,1H3,(H,19,21). The van der Waals surface area contributed by atoms with Gasteiger partial charge in [-0.1, -0.05) is 34.1 Å². The molecule has 1 N–H and O–H groups in total. The van der Waals surface area contributed by atoms with Crippen LogP contribution < -0.4 is 10.1 Å². The van der Waals surface area contributed by atoms with Crippen LogP contribution in [0.1, 0.15) is 21.5 Å². The van der Waals surface area contributed by atoms with Crippen LogP contribution in [0.15, 0.2) is 42.5 Å². The third-order valence-corrected chi connectivity index (χ3v) is 4.13. The Morgan fingerprint density at radius 1 is 1.29 bits per heavy atom. The van der Waals surface area contributed by atoms with Gasteiger partial charge >= 0.3 is 0 Å². The molecule has 0 fully saturated rings. The van der Waals surface area contributed by atoms with Gasteiger partial charge in [-0.3, -0.25) is 14.9 Å². The number of methoxy groups -OCH3 is 1. The van der Waals surface area contributed by atoms with E-state index in [9.17, 15) is 14.9 Å². The average molecular weight is 393 g/mol. The fourth-order valence-corrected chi connectivity index (χ4v) is 2.71. The number of nitrogens with one attached hydrogen (secondary N) is 1. The van der Waals surface area contributed by atoms with E-state index in [1.54, 1.807) is 19.2 Å². The molecule has 0 aliphatic rings. The first-order valence-corrected chi connectivity index (χ1v) is 8.41. The van der Waals surface area contributed by atoms with E-state index in [1.165, 1.54) is 6.07 Å². The number of halogens is 1. The molecular weight excluding hydrogens is 376 g/mol. The second-order valence-corrected chi connectivity index (χ2v) is 5.65. The van der Waals surface area contributed by atoms with E-state index in [-0.39, 0.29) is 17.2 Å². The zero-order valence-corrected chi connectivity index (χ0v) is 14.7. The summed E-state index contributed by atoms with van der Waals surface area (Å²) in [6.07, 6.45) is 0.643. The summed E-state index contributed by atoms with van der Waals surface area (Å²) in [4.78, 5) is 22.7. The van der Waals surface area contributed by atoms with E-state index in [0.29, 0.717) is 23.9 Å². The van der Waals surface area contributed by atoms with Gasteiger partial charge in [-0.15, -0.1) is 0 Å². The van der Waals surface area contributed by atoms with Crippen LogP contribution in [0.3, 0.4) is 0 Å². The Bertz CT molecular complexity index is 749. The second-order valence-electron chi connectivity index (χ2n) is 5.09. The van der Waals surface area contributed by atoms with Crippen LogP contribution in [-0.4, -0.2) is 24.5 Å². The summed E-state index contributed by atoms with van der Waals surface area (Å²) >= 11 is 3.20. The van der Waals surface area contributed by atoms with Crippen molar-refractivity contribution in [3.05, 3.63) is 69.3 Å². The van der Waals surface area contributed by atoms with Gasteiger partial charge in [-0.2, -0.15) is 0 Å². The van der Waals surface area contributed by atoms with Crippen molar-refractivity contribution in [3.8, 4) is 5.75 Å². The van der Waals surface area contributed by atoms with Crippen LogP contribution >= 0.6 is 15.9 Å². The molecule has 7 heteroatoms. The number of nitrogens with zero attached hydrogens (tertiary/aromatic N) is 1. The zero-order valence-electron chi connectivity index (χ0n) is 13.1. The summed E-state index contributed by atoms with van der Waals surface area (Å²) in [6, 6.07) is 12.1. The first-order valence-electron chi connectivity index (χ1n) is 7.29. The highest BCUT2D eigenvalue weighted by atomic mass is 79.9.